The average Bonchev–Trinajstić information content (AvgIpc) is 2.62. The van der Waals surface area contributed by atoms with Crippen LogP contribution in [-0.2, 0) is 9.59 Å². The fourth-order valence-electron chi connectivity index (χ4n) is 2.43. The van der Waals surface area contributed by atoms with Crippen LogP contribution in [0.4, 0.5) is 5.69 Å². The lowest BCUT2D eigenvalue weighted by Gasteiger charge is -2.34. The van der Waals surface area contributed by atoms with Crippen molar-refractivity contribution in [3.63, 3.8) is 0 Å². The first-order valence-electron chi connectivity index (χ1n) is 7.67. The standard InChI is InChI=1S/C17H18N4O4/c1-12(22)20-5-7-21(8-6-20)16(23)14(10-18)11-19-15-4-2-3-13(9-15)17(24)25/h2-4,9,11,19H,5-8H2,1H3,(H,24,25)/b14-11-. The zero-order valence-corrected chi connectivity index (χ0v) is 13.7. The summed E-state index contributed by atoms with van der Waals surface area (Å²) in [5.41, 5.74) is 0.474. The molecule has 1 aromatic rings. The lowest BCUT2D eigenvalue weighted by atomic mass is 10.2. The molecule has 0 radical (unpaired) electrons. The fourth-order valence-corrected chi connectivity index (χ4v) is 2.43. The molecule has 2 N–H and O–H groups in total. The summed E-state index contributed by atoms with van der Waals surface area (Å²) in [6.07, 6.45) is 1.26. The molecule has 130 valence electrons. The average molecular weight is 342 g/mol. The zero-order chi connectivity index (χ0) is 18.4. The van der Waals surface area contributed by atoms with Gasteiger partial charge in [-0.25, -0.2) is 4.79 Å². The van der Waals surface area contributed by atoms with Crippen LogP contribution in [0.15, 0.2) is 36.0 Å². The molecule has 2 amide bonds. The molecule has 25 heavy (non-hydrogen) atoms. The van der Waals surface area contributed by atoms with Crippen molar-refractivity contribution in [1.29, 1.82) is 5.26 Å². The Kier molecular flexibility index (Phi) is 5.74. The predicted molar refractivity (Wildman–Crippen MR) is 89.6 cm³/mol. The van der Waals surface area contributed by atoms with Crippen molar-refractivity contribution in [1.82, 2.24) is 9.80 Å². The van der Waals surface area contributed by atoms with Gasteiger partial charge >= 0.3 is 5.97 Å². The van der Waals surface area contributed by atoms with Gasteiger partial charge in [0.2, 0.25) is 5.91 Å². The molecule has 0 unspecified atom stereocenters. The maximum absolute atomic E-state index is 12.4. The van der Waals surface area contributed by atoms with E-state index in [9.17, 15) is 19.6 Å². The number of nitrogens with one attached hydrogen (secondary N) is 1. The largest absolute Gasteiger partial charge is 0.478 e. The molecule has 0 aliphatic carbocycles. The van der Waals surface area contributed by atoms with E-state index in [1.807, 2.05) is 6.07 Å². The van der Waals surface area contributed by atoms with E-state index in [0.29, 0.717) is 31.9 Å². The number of piperazine rings is 1. The number of hydrogen-bond donors (Lipinski definition) is 2. The van der Waals surface area contributed by atoms with Crippen LogP contribution < -0.4 is 5.32 Å². The number of anilines is 1. The summed E-state index contributed by atoms with van der Waals surface area (Å²) in [6, 6.07) is 7.90. The molecule has 2 rings (SSSR count). The number of nitrogens with zero attached hydrogens (tertiary/aromatic N) is 3. The van der Waals surface area contributed by atoms with E-state index in [1.54, 1.807) is 17.0 Å². The van der Waals surface area contributed by atoms with Crippen molar-refractivity contribution in [3.8, 4) is 6.07 Å². The Morgan fingerprint density at radius 1 is 1.20 bits per heavy atom. The molecule has 1 aromatic carbocycles. The number of carbonyl (C=O) groups excluding carboxylic acids is 2. The van der Waals surface area contributed by atoms with E-state index < -0.39 is 11.9 Å². The minimum atomic E-state index is -1.06. The van der Waals surface area contributed by atoms with Crippen LogP contribution >= 0.6 is 0 Å². The van der Waals surface area contributed by atoms with E-state index in [0.717, 1.165) is 0 Å². The first kappa shape index (κ1) is 18.0. The van der Waals surface area contributed by atoms with Gasteiger partial charge in [0.15, 0.2) is 0 Å². The van der Waals surface area contributed by atoms with Crippen molar-refractivity contribution in [2.75, 3.05) is 31.5 Å². The Balaban J connectivity index is 2.04. The Morgan fingerprint density at radius 3 is 2.40 bits per heavy atom. The van der Waals surface area contributed by atoms with Crippen molar-refractivity contribution >= 4 is 23.5 Å². The summed E-state index contributed by atoms with van der Waals surface area (Å²) >= 11 is 0. The van der Waals surface area contributed by atoms with Gasteiger partial charge < -0.3 is 20.2 Å². The molecule has 8 heteroatoms. The van der Waals surface area contributed by atoms with E-state index in [1.165, 1.54) is 30.2 Å². The first-order valence-corrected chi connectivity index (χ1v) is 7.67. The monoisotopic (exact) mass is 342 g/mol. The molecule has 1 aliphatic rings. The van der Waals surface area contributed by atoms with Gasteiger partial charge in [-0.2, -0.15) is 5.26 Å². The Morgan fingerprint density at radius 2 is 1.84 bits per heavy atom. The Bertz CT molecular complexity index is 758. The van der Waals surface area contributed by atoms with Crippen molar-refractivity contribution in [3.05, 3.63) is 41.6 Å². The number of aromatic carboxylic acids is 1. The van der Waals surface area contributed by atoms with Crippen LogP contribution in [0.2, 0.25) is 0 Å². The summed E-state index contributed by atoms with van der Waals surface area (Å²) in [5, 5.41) is 21.0. The maximum atomic E-state index is 12.4. The molecule has 1 fully saturated rings. The van der Waals surface area contributed by atoms with Gasteiger partial charge in [-0.05, 0) is 18.2 Å². The van der Waals surface area contributed by atoms with Gasteiger partial charge in [-0.3, -0.25) is 9.59 Å². The molecule has 1 saturated heterocycles. The molecule has 0 atom stereocenters. The SMILES string of the molecule is CC(=O)N1CCN(C(=O)/C(C#N)=C\Nc2cccc(C(=O)O)c2)CC1. The van der Waals surface area contributed by atoms with E-state index >= 15 is 0 Å². The number of nitriles is 1. The highest BCUT2D eigenvalue weighted by molar-refractivity contribution is 5.97. The molecule has 0 saturated carbocycles. The van der Waals surface area contributed by atoms with Crippen LogP contribution in [0.1, 0.15) is 17.3 Å². The van der Waals surface area contributed by atoms with Crippen LogP contribution in [0.5, 0.6) is 0 Å². The Labute approximate surface area is 144 Å². The second-order valence-corrected chi connectivity index (χ2v) is 5.50. The zero-order valence-electron chi connectivity index (χ0n) is 13.7. The normalized spacial score (nSPS) is 14.6. The van der Waals surface area contributed by atoms with E-state index in [-0.39, 0.29) is 17.0 Å². The van der Waals surface area contributed by atoms with Gasteiger partial charge in [0.1, 0.15) is 11.6 Å². The highest BCUT2D eigenvalue weighted by Crippen LogP contribution is 2.12. The second-order valence-electron chi connectivity index (χ2n) is 5.50. The third-order valence-electron chi connectivity index (χ3n) is 3.86. The number of benzene rings is 1. The fraction of sp³-hybridized carbons (Fsp3) is 0.294. The van der Waals surface area contributed by atoms with Crippen LogP contribution in [0, 0.1) is 11.3 Å². The van der Waals surface area contributed by atoms with Gasteiger partial charge in [0, 0.05) is 45.0 Å². The topological polar surface area (TPSA) is 114 Å². The number of rotatable bonds is 4. The quantitative estimate of drug-likeness (QED) is 0.621. The van der Waals surface area contributed by atoms with Gasteiger partial charge in [0.25, 0.3) is 5.91 Å². The number of amides is 2. The lowest BCUT2D eigenvalue weighted by Crippen LogP contribution is -2.50. The predicted octanol–water partition coefficient (Wildman–Crippen LogP) is 0.895. The number of carboxylic acid groups (broad SMARTS) is 1. The third kappa shape index (κ3) is 4.57. The molecule has 0 spiro atoms. The molecular weight excluding hydrogens is 324 g/mol. The Hall–Kier alpha value is -3.34. The first-order chi connectivity index (χ1) is 11.9. The van der Waals surface area contributed by atoms with E-state index in [4.69, 9.17) is 5.11 Å². The van der Waals surface area contributed by atoms with Gasteiger partial charge in [0.05, 0.1) is 5.56 Å². The van der Waals surface area contributed by atoms with Crippen LogP contribution in [0.25, 0.3) is 0 Å². The third-order valence-corrected chi connectivity index (χ3v) is 3.86. The van der Waals surface area contributed by atoms with E-state index in [2.05, 4.69) is 5.32 Å². The minimum Gasteiger partial charge on any atom is -0.478 e. The lowest BCUT2D eigenvalue weighted by molar-refractivity contribution is -0.136. The summed E-state index contributed by atoms with van der Waals surface area (Å²) in [5.74, 6) is -1.52. The summed E-state index contributed by atoms with van der Waals surface area (Å²) in [7, 11) is 0. The minimum absolute atomic E-state index is 0.0388. The number of hydrogen-bond acceptors (Lipinski definition) is 5. The van der Waals surface area contributed by atoms with Crippen LogP contribution in [-0.4, -0.2) is 58.9 Å². The van der Waals surface area contributed by atoms with Crippen molar-refractivity contribution in [2.24, 2.45) is 0 Å². The summed E-state index contributed by atoms with van der Waals surface area (Å²) in [4.78, 5) is 37.8. The molecule has 8 nitrogen and oxygen atoms in total. The maximum Gasteiger partial charge on any atom is 0.335 e. The highest BCUT2D eigenvalue weighted by Gasteiger charge is 2.24. The molecule has 1 heterocycles. The van der Waals surface area contributed by atoms with Crippen molar-refractivity contribution < 1.29 is 19.5 Å². The summed E-state index contributed by atoms with van der Waals surface area (Å²) < 4.78 is 0. The number of carboxylic acids is 1. The second kappa shape index (κ2) is 7.97. The van der Waals surface area contributed by atoms with Gasteiger partial charge in [-0.1, -0.05) is 6.07 Å². The smallest absolute Gasteiger partial charge is 0.335 e. The highest BCUT2D eigenvalue weighted by atomic mass is 16.4. The van der Waals surface area contributed by atoms with Crippen molar-refractivity contribution in [2.45, 2.75) is 6.92 Å². The molecular formula is C17H18N4O4. The van der Waals surface area contributed by atoms with Gasteiger partial charge in [-0.15, -0.1) is 0 Å². The molecule has 0 bridgehead atoms. The molecule has 0 aromatic heterocycles. The van der Waals surface area contributed by atoms with Crippen LogP contribution in [0.3, 0.4) is 0 Å². The molecule has 1 aliphatic heterocycles. The number of carbonyl (C=O) groups is 3. The summed E-state index contributed by atoms with van der Waals surface area (Å²) in [6.45, 7) is 3.09.